The molecule has 16 heavy (non-hydrogen) atoms. The van der Waals surface area contributed by atoms with E-state index in [1.807, 2.05) is 0 Å². The second kappa shape index (κ2) is 4.86. The summed E-state index contributed by atoms with van der Waals surface area (Å²) < 4.78 is 32.4. The number of hydrogen-bond donors (Lipinski definition) is 1. The van der Waals surface area contributed by atoms with Crippen molar-refractivity contribution in [2.45, 2.75) is 6.92 Å². The first-order valence-corrected chi connectivity index (χ1v) is 5.57. The summed E-state index contributed by atoms with van der Waals surface area (Å²) in [4.78, 5) is 11.6. The summed E-state index contributed by atoms with van der Waals surface area (Å²) in [5.74, 6) is -0.482. The van der Waals surface area contributed by atoms with Gasteiger partial charge in [0.25, 0.3) is 0 Å². The van der Waals surface area contributed by atoms with Crippen LogP contribution < -0.4 is 0 Å². The predicted octanol–water partition coefficient (Wildman–Crippen LogP) is 1.06. The fraction of sp³-hybridized carbons (Fsp3) is 0.111. The Labute approximate surface area is 92.5 Å². The third-order valence-corrected chi connectivity index (χ3v) is 1.90. The molecule has 0 saturated carbocycles. The maximum Gasteiger partial charge on any atom is 0.466 e. The Hall–Kier alpha value is -1.73. The normalized spacial score (nSPS) is 12.2. The highest BCUT2D eigenvalue weighted by Crippen LogP contribution is 2.02. The molecule has 0 fully saturated rings. The van der Waals surface area contributed by atoms with E-state index < -0.39 is 16.2 Å². The molecule has 86 valence electrons. The first kappa shape index (κ1) is 12.3. The zero-order valence-corrected chi connectivity index (χ0v) is 9.14. The maximum atomic E-state index is 11.6. The van der Waals surface area contributed by atoms with Crippen LogP contribution in [0, 0.1) is 0 Å². The second-order valence-corrected chi connectivity index (χ2v) is 3.88. The Balaban J connectivity index is 2.84. The largest absolute Gasteiger partial charge is 0.466 e. The summed E-state index contributed by atoms with van der Waals surface area (Å²) in [6, 6.07) is 8.15. The van der Waals surface area contributed by atoms with Gasteiger partial charge < -0.3 is 0 Å². The van der Waals surface area contributed by atoms with Gasteiger partial charge in [-0.3, -0.25) is 9.35 Å². The summed E-state index contributed by atoms with van der Waals surface area (Å²) in [6.45, 7) is 1.28. The molecule has 1 rings (SSSR count). The van der Waals surface area contributed by atoms with E-state index in [0.717, 1.165) is 0 Å². The van der Waals surface area contributed by atoms with Gasteiger partial charge in [0.1, 0.15) is 5.71 Å². The minimum atomic E-state index is -4.67. The number of carbonyl (C=O) groups excluding carboxylic acids is 1. The second-order valence-electron chi connectivity index (χ2n) is 2.87. The van der Waals surface area contributed by atoms with Crippen LogP contribution in [0.5, 0.6) is 0 Å². The number of hydrogen-bond acceptors (Lipinski definition) is 5. The lowest BCUT2D eigenvalue weighted by Gasteiger charge is -1.98. The molecule has 0 heterocycles. The van der Waals surface area contributed by atoms with Crippen LogP contribution in [0.25, 0.3) is 0 Å². The van der Waals surface area contributed by atoms with Crippen LogP contribution in [-0.2, 0) is 14.7 Å². The molecule has 7 heteroatoms. The van der Waals surface area contributed by atoms with E-state index in [9.17, 15) is 13.2 Å². The molecule has 6 nitrogen and oxygen atoms in total. The highest BCUT2D eigenvalue weighted by molar-refractivity contribution is 7.80. The monoisotopic (exact) mass is 243 g/mol. The van der Waals surface area contributed by atoms with Crippen molar-refractivity contribution in [3.05, 3.63) is 35.9 Å². The molecule has 1 N–H and O–H groups in total. The topological polar surface area (TPSA) is 93.0 Å². The van der Waals surface area contributed by atoms with Gasteiger partial charge in [-0.2, -0.15) is 8.42 Å². The molecular formula is C9H9NO5S. The predicted molar refractivity (Wildman–Crippen MR) is 56.5 cm³/mol. The molecule has 0 atom stereocenters. The van der Waals surface area contributed by atoms with E-state index in [4.69, 9.17) is 4.55 Å². The van der Waals surface area contributed by atoms with E-state index in [0.29, 0.717) is 5.56 Å². The van der Waals surface area contributed by atoms with Crippen molar-refractivity contribution in [2.24, 2.45) is 5.16 Å². The van der Waals surface area contributed by atoms with Gasteiger partial charge in [0.2, 0.25) is 5.78 Å². The van der Waals surface area contributed by atoms with E-state index in [1.165, 1.54) is 6.92 Å². The standard InChI is InChI=1S/C9H9NO5S/c1-7(10-15-16(12,13)14)9(11)8-5-3-2-4-6-8/h2-6H,1H3,(H,12,13,14)/b10-7-. The molecule has 0 aliphatic rings. The summed E-state index contributed by atoms with van der Waals surface area (Å²) in [5, 5.41) is 3.00. The molecule has 0 unspecified atom stereocenters. The van der Waals surface area contributed by atoms with Crippen LogP contribution >= 0.6 is 0 Å². The third kappa shape index (κ3) is 3.79. The Morgan fingerprint density at radius 2 is 1.88 bits per heavy atom. The number of oxime groups is 1. The fourth-order valence-corrected chi connectivity index (χ4v) is 1.15. The average molecular weight is 243 g/mol. The molecule has 0 saturated heterocycles. The van der Waals surface area contributed by atoms with E-state index in [2.05, 4.69) is 9.44 Å². The van der Waals surface area contributed by atoms with Crippen LogP contribution in [0.4, 0.5) is 0 Å². The van der Waals surface area contributed by atoms with Crippen molar-refractivity contribution in [3.8, 4) is 0 Å². The number of rotatable bonds is 4. The van der Waals surface area contributed by atoms with Gasteiger partial charge in [-0.1, -0.05) is 35.5 Å². The molecule has 0 aliphatic heterocycles. The lowest BCUT2D eigenvalue weighted by Crippen LogP contribution is -2.12. The van der Waals surface area contributed by atoms with Gasteiger partial charge >= 0.3 is 10.4 Å². The SMILES string of the molecule is C/C(=N/OS(=O)(=O)O)C(=O)c1ccccc1. The number of ketones is 1. The lowest BCUT2D eigenvalue weighted by atomic mass is 10.1. The van der Waals surface area contributed by atoms with Gasteiger partial charge in [-0.15, -0.1) is 0 Å². The molecule has 1 aromatic rings. The molecule has 1 aromatic carbocycles. The molecule has 0 bridgehead atoms. The van der Waals surface area contributed by atoms with Crippen molar-refractivity contribution in [3.63, 3.8) is 0 Å². The molecule has 0 aliphatic carbocycles. The zero-order chi connectivity index (χ0) is 12.2. The van der Waals surface area contributed by atoms with Crippen LogP contribution in [0.3, 0.4) is 0 Å². The molecule has 0 spiro atoms. The van der Waals surface area contributed by atoms with E-state index >= 15 is 0 Å². The smallest absolute Gasteiger partial charge is 0.287 e. The number of Topliss-reactive ketones (excluding diaryl/α,β-unsaturated/α-hetero) is 1. The molecular weight excluding hydrogens is 234 g/mol. The first-order valence-electron chi connectivity index (χ1n) is 4.20. The average Bonchev–Trinajstić information content (AvgIpc) is 2.25. The van der Waals surface area contributed by atoms with Crippen molar-refractivity contribution in [2.75, 3.05) is 0 Å². The Morgan fingerprint density at radius 3 is 2.38 bits per heavy atom. The summed E-state index contributed by atoms with van der Waals surface area (Å²) in [6.07, 6.45) is 0. The maximum absolute atomic E-state index is 11.6. The zero-order valence-electron chi connectivity index (χ0n) is 8.32. The molecule has 0 radical (unpaired) electrons. The van der Waals surface area contributed by atoms with E-state index in [-0.39, 0.29) is 5.71 Å². The number of carbonyl (C=O) groups is 1. The van der Waals surface area contributed by atoms with Crippen molar-refractivity contribution >= 4 is 21.9 Å². The van der Waals surface area contributed by atoms with Gasteiger partial charge in [0.15, 0.2) is 0 Å². The third-order valence-electron chi connectivity index (χ3n) is 1.63. The van der Waals surface area contributed by atoms with Crippen LogP contribution in [0.15, 0.2) is 35.5 Å². The quantitative estimate of drug-likeness (QED) is 0.369. The van der Waals surface area contributed by atoms with Gasteiger partial charge in [-0.25, -0.2) is 4.28 Å². The Bertz CT molecular complexity index is 506. The summed E-state index contributed by atoms with van der Waals surface area (Å²) in [7, 11) is -4.67. The Morgan fingerprint density at radius 1 is 1.31 bits per heavy atom. The van der Waals surface area contributed by atoms with Crippen LogP contribution in [0.2, 0.25) is 0 Å². The van der Waals surface area contributed by atoms with Gasteiger partial charge in [0.05, 0.1) is 0 Å². The van der Waals surface area contributed by atoms with Gasteiger partial charge in [0, 0.05) is 5.56 Å². The highest BCUT2D eigenvalue weighted by Gasteiger charge is 2.11. The highest BCUT2D eigenvalue weighted by atomic mass is 32.3. The molecule has 0 aromatic heterocycles. The van der Waals surface area contributed by atoms with Crippen LogP contribution in [-0.4, -0.2) is 24.5 Å². The van der Waals surface area contributed by atoms with Crippen molar-refractivity contribution in [1.29, 1.82) is 0 Å². The first-order chi connectivity index (χ1) is 7.40. The van der Waals surface area contributed by atoms with Gasteiger partial charge in [-0.05, 0) is 6.92 Å². The van der Waals surface area contributed by atoms with Crippen molar-refractivity contribution < 1.29 is 22.0 Å². The molecule has 0 amide bonds. The lowest BCUT2D eigenvalue weighted by molar-refractivity contribution is 0.106. The Kier molecular flexibility index (Phi) is 3.75. The summed E-state index contributed by atoms with van der Waals surface area (Å²) >= 11 is 0. The van der Waals surface area contributed by atoms with Crippen LogP contribution in [0.1, 0.15) is 17.3 Å². The number of benzene rings is 1. The number of nitrogens with zero attached hydrogens (tertiary/aromatic N) is 1. The van der Waals surface area contributed by atoms with Crippen molar-refractivity contribution in [1.82, 2.24) is 0 Å². The summed E-state index contributed by atoms with van der Waals surface area (Å²) in [5.41, 5.74) is 0.173. The van der Waals surface area contributed by atoms with E-state index in [1.54, 1.807) is 30.3 Å². The minimum Gasteiger partial charge on any atom is -0.287 e. The fourth-order valence-electron chi connectivity index (χ4n) is 0.943. The minimum absolute atomic E-state index is 0.177.